The number of benzene rings is 1. The second-order valence-corrected chi connectivity index (χ2v) is 6.91. The van der Waals surface area contributed by atoms with Crippen molar-refractivity contribution in [1.82, 2.24) is 5.32 Å². The van der Waals surface area contributed by atoms with Gasteiger partial charge in [-0.15, -0.1) is 0 Å². The molecule has 2 nitrogen and oxygen atoms in total. The van der Waals surface area contributed by atoms with E-state index in [9.17, 15) is 0 Å². The minimum absolute atomic E-state index is 0.388. The van der Waals surface area contributed by atoms with Gasteiger partial charge in [-0.3, -0.25) is 0 Å². The first kappa shape index (κ1) is 15.2. The highest BCUT2D eigenvalue weighted by Crippen LogP contribution is 2.40. The number of ether oxygens (including phenoxy) is 1. The molecule has 0 aromatic heterocycles. The van der Waals surface area contributed by atoms with Gasteiger partial charge in [0.1, 0.15) is 5.75 Å². The van der Waals surface area contributed by atoms with Crippen molar-refractivity contribution in [2.24, 2.45) is 5.92 Å². The van der Waals surface area contributed by atoms with E-state index in [2.05, 4.69) is 24.4 Å². The van der Waals surface area contributed by atoms with Crippen LogP contribution in [0.15, 0.2) is 12.1 Å². The lowest BCUT2D eigenvalue weighted by Crippen LogP contribution is -2.24. The minimum Gasteiger partial charge on any atom is -0.493 e. The average Bonchev–Trinajstić information content (AvgIpc) is 3.13. The summed E-state index contributed by atoms with van der Waals surface area (Å²) >= 11 is 6.34. The Balaban J connectivity index is 1.84. The summed E-state index contributed by atoms with van der Waals surface area (Å²) in [5.74, 6) is 1.96. The van der Waals surface area contributed by atoms with Crippen LogP contribution in [-0.4, -0.2) is 13.2 Å². The van der Waals surface area contributed by atoms with Gasteiger partial charge in [-0.2, -0.15) is 0 Å². The number of hydrogen-bond acceptors (Lipinski definition) is 2. The first-order valence-electron chi connectivity index (χ1n) is 8.46. The SMILES string of the molecule is CCCNC(CC1CCCC1)c1cc(Cl)cc2c1OCC2. The summed E-state index contributed by atoms with van der Waals surface area (Å²) in [6.07, 6.45) is 8.93. The number of hydrogen-bond donors (Lipinski definition) is 1. The van der Waals surface area contributed by atoms with Gasteiger partial charge < -0.3 is 10.1 Å². The molecule has 1 atom stereocenters. The van der Waals surface area contributed by atoms with Gasteiger partial charge in [-0.05, 0) is 43.0 Å². The zero-order chi connectivity index (χ0) is 14.7. The molecule has 1 aromatic rings. The number of nitrogens with one attached hydrogen (secondary N) is 1. The van der Waals surface area contributed by atoms with E-state index in [-0.39, 0.29) is 0 Å². The molecular weight excluding hydrogens is 282 g/mol. The highest BCUT2D eigenvalue weighted by molar-refractivity contribution is 6.30. The molecule has 1 fully saturated rings. The van der Waals surface area contributed by atoms with Gasteiger partial charge in [-0.25, -0.2) is 0 Å². The zero-order valence-electron chi connectivity index (χ0n) is 13.0. The van der Waals surface area contributed by atoms with E-state index >= 15 is 0 Å². The third-order valence-electron chi connectivity index (χ3n) is 4.84. The molecule has 1 unspecified atom stereocenters. The fourth-order valence-electron chi connectivity index (χ4n) is 3.77. The topological polar surface area (TPSA) is 21.3 Å². The van der Waals surface area contributed by atoms with E-state index in [1.165, 1.54) is 43.2 Å². The van der Waals surface area contributed by atoms with Crippen molar-refractivity contribution in [3.05, 3.63) is 28.3 Å². The summed E-state index contributed by atoms with van der Waals surface area (Å²) in [5, 5.41) is 4.58. The maximum absolute atomic E-state index is 6.34. The smallest absolute Gasteiger partial charge is 0.127 e. The van der Waals surface area contributed by atoms with E-state index in [4.69, 9.17) is 16.3 Å². The first-order valence-corrected chi connectivity index (χ1v) is 8.84. The van der Waals surface area contributed by atoms with Crippen LogP contribution in [0, 0.1) is 5.92 Å². The van der Waals surface area contributed by atoms with Gasteiger partial charge in [0, 0.05) is 23.0 Å². The van der Waals surface area contributed by atoms with Gasteiger partial charge in [0.2, 0.25) is 0 Å². The highest BCUT2D eigenvalue weighted by atomic mass is 35.5. The number of halogens is 1. The lowest BCUT2D eigenvalue weighted by atomic mass is 9.92. The van der Waals surface area contributed by atoms with Gasteiger partial charge >= 0.3 is 0 Å². The predicted molar refractivity (Wildman–Crippen MR) is 88.3 cm³/mol. The Hall–Kier alpha value is -0.730. The van der Waals surface area contributed by atoms with Crippen molar-refractivity contribution < 1.29 is 4.74 Å². The number of rotatable bonds is 6. The van der Waals surface area contributed by atoms with Crippen molar-refractivity contribution in [2.75, 3.05) is 13.2 Å². The Kier molecular flexibility index (Phi) is 5.07. The highest BCUT2D eigenvalue weighted by Gasteiger charge is 2.26. The summed E-state index contributed by atoms with van der Waals surface area (Å²) in [6, 6.07) is 4.58. The van der Waals surface area contributed by atoms with Gasteiger partial charge in [-0.1, -0.05) is 44.2 Å². The molecule has 0 amide bonds. The summed E-state index contributed by atoms with van der Waals surface area (Å²) in [6.45, 7) is 4.07. The lowest BCUT2D eigenvalue weighted by Gasteiger charge is -2.24. The third kappa shape index (κ3) is 3.54. The van der Waals surface area contributed by atoms with Gasteiger partial charge in [0.15, 0.2) is 0 Å². The molecule has 21 heavy (non-hydrogen) atoms. The second kappa shape index (κ2) is 7.02. The maximum Gasteiger partial charge on any atom is 0.127 e. The molecule has 1 aliphatic carbocycles. The molecule has 1 N–H and O–H groups in total. The predicted octanol–water partition coefficient (Wildman–Crippen LogP) is 4.90. The molecule has 2 aliphatic rings. The number of fused-ring (bicyclic) bond motifs is 1. The molecule has 3 rings (SSSR count). The van der Waals surface area contributed by atoms with Crippen LogP contribution < -0.4 is 10.1 Å². The molecular formula is C18H26ClNO. The third-order valence-corrected chi connectivity index (χ3v) is 5.06. The van der Waals surface area contributed by atoms with Gasteiger partial charge in [0.25, 0.3) is 0 Å². The van der Waals surface area contributed by atoms with Crippen molar-refractivity contribution in [1.29, 1.82) is 0 Å². The van der Waals surface area contributed by atoms with Crippen LogP contribution in [0.4, 0.5) is 0 Å². The van der Waals surface area contributed by atoms with Crippen LogP contribution in [0.1, 0.15) is 62.6 Å². The Bertz CT molecular complexity index is 482. The van der Waals surface area contributed by atoms with Crippen molar-refractivity contribution in [3.8, 4) is 5.75 Å². The Labute approximate surface area is 133 Å². The quantitative estimate of drug-likeness (QED) is 0.807. The standard InChI is InChI=1S/C18H26ClNO/c1-2-8-20-17(10-13-5-3-4-6-13)16-12-15(19)11-14-7-9-21-18(14)16/h11-13,17,20H,2-10H2,1H3. The van der Waals surface area contributed by atoms with Crippen LogP contribution in [-0.2, 0) is 6.42 Å². The van der Waals surface area contributed by atoms with Crippen molar-refractivity contribution >= 4 is 11.6 Å². The lowest BCUT2D eigenvalue weighted by molar-refractivity contribution is 0.338. The fourth-order valence-corrected chi connectivity index (χ4v) is 4.02. The summed E-state index contributed by atoms with van der Waals surface area (Å²) < 4.78 is 5.91. The Morgan fingerprint density at radius 2 is 2.14 bits per heavy atom. The summed E-state index contributed by atoms with van der Waals surface area (Å²) in [5.41, 5.74) is 2.57. The van der Waals surface area contributed by atoms with Crippen LogP contribution in [0.25, 0.3) is 0 Å². The molecule has 116 valence electrons. The first-order chi connectivity index (χ1) is 10.3. The molecule has 1 aliphatic heterocycles. The Morgan fingerprint density at radius 3 is 2.90 bits per heavy atom. The van der Waals surface area contributed by atoms with Gasteiger partial charge in [0.05, 0.1) is 6.61 Å². The molecule has 3 heteroatoms. The minimum atomic E-state index is 0.388. The van der Waals surface area contributed by atoms with Crippen LogP contribution in [0.2, 0.25) is 5.02 Å². The van der Waals surface area contributed by atoms with E-state index in [1.807, 2.05) is 0 Å². The fraction of sp³-hybridized carbons (Fsp3) is 0.667. The molecule has 1 saturated carbocycles. The van der Waals surface area contributed by atoms with E-state index in [1.54, 1.807) is 0 Å². The molecule has 0 saturated heterocycles. The maximum atomic E-state index is 6.34. The molecule has 1 heterocycles. The molecule has 0 radical (unpaired) electrons. The Morgan fingerprint density at radius 1 is 1.33 bits per heavy atom. The molecule has 1 aromatic carbocycles. The molecule has 0 bridgehead atoms. The van der Waals surface area contributed by atoms with Crippen molar-refractivity contribution in [2.45, 2.75) is 57.9 Å². The molecule has 0 spiro atoms. The van der Waals surface area contributed by atoms with Crippen LogP contribution in [0.5, 0.6) is 5.75 Å². The average molecular weight is 308 g/mol. The van der Waals surface area contributed by atoms with Crippen molar-refractivity contribution in [3.63, 3.8) is 0 Å². The van der Waals surface area contributed by atoms with E-state index in [0.717, 1.165) is 42.7 Å². The van der Waals surface area contributed by atoms with E-state index in [0.29, 0.717) is 6.04 Å². The van der Waals surface area contributed by atoms with E-state index < -0.39 is 0 Å². The monoisotopic (exact) mass is 307 g/mol. The zero-order valence-corrected chi connectivity index (χ0v) is 13.7. The van der Waals surface area contributed by atoms with Crippen LogP contribution >= 0.6 is 11.6 Å². The second-order valence-electron chi connectivity index (χ2n) is 6.47. The normalized spacial score (nSPS) is 19.5. The summed E-state index contributed by atoms with van der Waals surface area (Å²) in [4.78, 5) is 0. The van der Waals surface area contributed by atoms with Crippen LogP contribution in [0.3, 0.4) is 0 Å². The summed E-state index contributed by atoms with van der Waals surface area (Å²) in [7, 11) is 0. The largest absolute Gasteiger partial charge is 0.493 e.